The van der Waals surface area contributed by atoms with Crippen LogP contribution in [0.25, 0.3) is 0 Å². The first kappa shape index (κ1) is 19.9. The van der Waals surface area contributed by atoms with Gasteiger partial charge in [-0.2, -0.15) is 0 Å². The number of benzene rings is 1. The first-order valence-electron chi connectivity index (χ1n) is 7.24. The molecule has 1 aromatic rings. The Bertz CT molecular complexity index is 653. The summed E-state index contributed by atoms with van der Waals surface area (Å²) in [6.45, 7) is 0.797. The van der Waals surface area contributed by atoms with E-state index in [2.05, 4.69) is 0 Å². The molecule has 0 saturated heterocycles. The molecule has 134 valence electrons. The number of amides is 1. The lowest BCUT2D eigenvalue weighted by Gasteiger charge is -2.28. The Morgan fingerprint density at radius 1 is 1.25 bits per heavy atom. The number of aliphatic carboxylic acids is 1. The minimum Gasteiger partial charge on any atom is -0.481 e. The topological polar surface area (TPSA) is 66.8 Å². The van der Waals surface area contributed by atoms with Crippen LogP contribution in [-0.4, -0.2) is 36.8 Å². The van der Waals surface area contributed by atoms with Crippen molar-refractivity contribution >= 4 is 30.2 Å². The maximum atomic E-state index is 13.3. The fourth-order valence-corrected chi connectivity index (χ4v) is 2.18. The molecule has 0 heterocycles. The molecule has 1 amide bonds. The highest BCUT2D eigenvalue weighted by Gasteiger charge is 2.31. The van der Waals surface area contributed by atoms with Gasteiger partial charge in [0.05, 0.1) is 6.42 Å². The van der Waals surface area contributed by atoms with Gasteiger partial charge in [-0.15, -0.1) is 5.46 Å². The maximum Gasteiger partial charge on any atom is 0.509 e. The maximum absolute atomic E-state index is 13.3. The second-order valence-electron chi connectivity index (χ2n) is 6.51. The fourth-order valence-electron chi connectivity index (χ4n) is 2.18. The average Bonchev–Trinajstić information content (AvgIpc) is 2.35. The van der Waals surface area contributed by atoms with Crippen molar-refractivity contribution in [3.05, 3.63) is 23.3 Å². The summed E-state index contributed by atoms with van der Waals surface area (Å²) in [6.07, 6.45) is -1.40. The summed E-state index contributed by atoms with van der Waals surface area (Å²) >= 11 is 0. The molecule has 0 fully saturated rings. The van der Waals surface area contributed by atoms with E-state index in [9.17, 15) is 22.5 Å². The normalized spacial score (nSPS) is 12.0. The van der Waals surface area contributed by atoms with E-state index >= 15 is 0 Å². The third-order valence-corrected chi connectivity index (χ3v) is 3.22. The summed E-state index contributed by atoms with van der Waals surface area (Å²) in [5.41, 5.74) is -1.94. The van der Waals surface area contributed by atoms with E-state index in [0.717, 1.165) is 11.0 Å². The lowest BCUT2D eigenvalue weighted by Crippen LogP contribution is -2.40. The van der Waals surface area contributed by atoms with E-state index in [1.54, 1.807) is 20.8 Å². The van der Waals surface area contributed by atoms with Gasteiger partial charge in [-0.1, -0.05) is 11.6 Å². The van der Waals surface area contributed by atoms with Crippen LogP contribution in [0.3, 0.4) is 0 Å². The summed E-state index contributed by atoms with van der Waals surface area (Å²) in [5.74, 6) is -1.26. The van der Waals surface area contributed by atoms with E-state index in [-0.39, 0.29) is 16.8 Å². The lowest BCUT2D eigenvalue weighted by atomic mass is 9.75. The summed E-state index contributed by atoms with van der Waals surface area (Å²) in [5, 5.41) is 8.84. The van der Waals surface area contributed by atoms with Gasteiger partial charge in [0.25, 0.3) is 0 Å². The Hall–Kier alpha value is -2.19. The zero-order valence-electron chi connectivity index (χ0n) is 14.2. The van der Waals surface area contributed by atoms with Gasteiger partial charge in [0.1, 0.15) is 5.60 Å². The highest BCUT2D eigenvalue weighted by Crippen LogP contribution is 2.25. The van der Waals surface area contributed by atoms with E-state index in [1.165, 1.54) is 20.0 Å². The van der Waals surface area contributed by atoms with Crippen LogP contribution < -0.4 is 10.4 Å². The molecule has 0 aliphatic carbocycles. The van der Waals surface area contributed by atoms with Crippen LogP contribution in [0.4, 0.5) is 23.4 Å². The molecule has 0 atom stereocenters. The van der Waals surface area contributed by atoms with Gasteiger partial charge < -0.3 is 22.8 Å². The molecule has 1 rings (SSSR count). The quantitative estimate of drug-likeness (QED) is 0.851. The molecule has 0 saturated carbocycles. The minimum absolute atomic E-state index is 0.0304. The molecule has 0 aromatic heterocycles. The number of halogens is 3. The van der Waals surface area contributed by atoms with Crippen molar-refractivity contribution in [1.29, 1.82) is 0 Å². The zero-order valence-corrected chi connectivity index (χ0v) is 14.2. The van der Waals surface area contributed by atoms with Crippen molar-refractivity contribution in [2.24, 2.45) is 0 Å². The molecular formula is C15H20BF3NO4-. The van der Waals surface area contributed by atoms with E-state index in [4.69, 9.17) is 9.84 Å². The van der Waals surface area contributed by atoms with Gasteiger partial charge in [0.2, 0.25) is 0 Å². The van der Waals surface area contributed by atoms with Crippen molar-refractivity contribution in [3.63, 3.8) is 0 Å². The molecule has 1 aromatic carbocycles. The fraction of sp³-hybridized carbons (Fsp3) is 0.467. The number of anilines is 1. The number of ether oxygens (including phenoxy) is 1. The van der Waals surface area contributed by atoms with Crippen LogP contribution in [0.5, 0.6) is 0 Å². The number of nitrogens with zero attached hydrogens (tertiary/aromatic N) is 1. The second kappa shape index (κ2) is 6.74. The summed E-state index contributed by atoms with van der Waals surface area (Å²) < 4.78 is 44.9. The van der Waals surface area contributed by atoms with Crippen LogP contribution in [0, 0.1) is 6.92 Å². The van der Waals surface area contributed by atoms with Gasteiger partial charge in [-0.05, 0) is 39.3 Å². The van der Waals surface area contributed by atoms with E-state index in [1.807, 2.05) is 0 Å². The lowest BCUT2D eigenvalue weighted by molar-refractivity contribution is -0.136. The molecule has 0 radical (unpaired) electrons. The van der Waals surface area contributed by atoms with Crippen molar-refractivity contribution < 1.29 is 32.4 Å². The molecule has 0 unspecified atom stereocenters. The zero-order chi connectivity index (χ0) is 18.9. The Kier molecular flexibility index (Phi) is 5.58. The van der Waals surface area contributed by atoms with Gasteiger partial charge in [-0.3, -0.25) is 9.69 Å². The first-order valence-corrected chi connectivity index (χ1v) is 7.24. The number of hydrogen-bond acceptors (Lipinski definition) is 3. The highest BCUT2D eigenvalue weighted by molar-refractivity contribution is 6.74. The second-order valence-corrected chi connectivity index (χ2v) is 6.51. The number of hydrogen-bond donors (Lipinski definition) is 1. The SMILES string of the molecule is Cc1c(N(C)C(=O)OC(C)(C)C)cc(CC(=O)O)cc1[B-](F)(F)F. The standard InChI is InChI=1S/C15H20BF3NO4/c1-9-11(16(17,18)19)6-10(8-13(21)22)7-12(9)20(5)14(23)24-15(2,3)4/h6-7H,8H2,1-5H3,(H,21,22)/q-1. The molecule has 9 heteroatoms. The van der Waals surface area contributed by atoms with Crippen molar-refractivity contribution in [3.8, 4) is 0 Å². The molecule has 1 N–H and O–H groups in total. The molecular weight excluding hydrogens is 326 g/mol. The van der Waals surface area contributed by atoms with E-state index in [0.29, 0.717) is 0 Å². The monoisotopic (exact) mass is 346 g/mol. The van der Waals surface area contributed by atoms with Crippen LogP contribution in [0.1, 0.15) is 31.9 Å². The van der Waals surface area contributed by atoms with Crippen molar-refractivity contribution in [2.75, 3.05) is 11.9 Å². The molecule has 0 aliphatic heterocycles. The Morgan fingerprint density at radius 2 is 1.79 bits per heavy atom. The van der Waals surface area contributed by atoms with Gasteiger partial charge in [0.15, 0.2) is 0 Å². The minimum atomic E-state index is -5.35. The van der Waals surface area contributed by atoms with Crippen LogP contribution in [0.15, 0.2) is 12.1 Å². The smallest absolute Gasteiger partial charge is 0.481 e. The van der Waals surface area contributed by atoms with Crippen molar-refractivity contribution in [2.45, 2.75) is 39.7 Å². The third kappa shape index (κ3) is 5.18. The number of rotatable bonds is 4. The van der Waals surface area contributed by atoms with Gasteiger partial charge in [-0.25, -0.2) is 4.79 Å². The predicted molar refractivity (Wildman–Crippen MR) is 85.9 cm³/mol. The summed E-state index contributed by atoms with van der Waals surface area (Å²) in [7, 11) is 1.29. The van der Waals surface area contributed by atoms with Crippen LogP contribution in [0.2, 0.25) is 0 Å². The Balaban J connectivity index is 3.39. The van der Waals surface area contributed by atoms with Gasteiger partial charge in [0, 0.05) is 12.7 Å². The molecule has 0 bridgehead atoms. The van der Waals surface area contributed by atoms with Crippen LogP contribution >= 0.6 is 0 Å². The molecule has 0 aliphatic rings. The van der Waals surface area contributed by atoms with Gasteiger partial charge >= 0.3 is 19.0 Å². The number of carboxylic acid groups (broad SMARTS) is 1. The highest BCUT2D eigenvalue weighted by atomic mass is 19.4. The number of carbonyl (C=O) groups excluding carboxylic acids is 1. The molecule has 5 nitrogen and oxygen atoms in total. The average molecular weight is 346 g/mol. The number of carboxylic acids is 1. The van der Waals surface area contributed by atoms with E-state index < -0.39 is 36.5 Å². The molecule has 24 heavy (non-hydrogen) atoms. The third-order valence-electron chi connectivity index (χ3n) is 3.22. The summed E-state index contributed by atoms with van der Waals surface area (Å²) in [6, 6.07) is 2.08. The Labute approximate surface area is 138 Å². The van der Waals surface area contributed by atoms with Crippen molar-refractivity contribution in [1.82, 2.24) is 0 Å². The Morgan fingerprint density at radius 3 is 2.21 bits per heavy atom. The first-order chi connectivity index (χ1) is 10.7. The molecule has 0 spiro atoms. The summed E-state index contributed by atoms with van der Waals surface area (Å²) in [4.78, 5) is 23.9. The van der Waals surface area contributed by atoms with Crippen LogP contribution in [-0.2, 0) is 16.0 Å². The predicted octanol–water partition coefficient (Wildman–Crippen LogP) is 3.05. The largest absolute Gasteiger partial charge is 0.509 e. The number of carbonyl (C=O) groups is 2.